The minimum atomic E-state index is -0.823. The number of hydrogen-bond acceptors (Lipinski definition) is 1. The molecule has 0 aliphatic heterocycles. The van der Waals surface area contributed by atoms with E-state index >= 15 is 0 Å². The fraction of sp³-hybridized carbons (Fsp3) is 0.0870. The van der Waals surface area contributed by atoms with E-state index in [1.165, 1.54) is 6.07 Å². The molecule has 1 aromatic heterocycles. The van der Waals surface area contributed by atoms with Crippen LogP contribution < -0.4 is 10.6 Å². The molecule has 29 heavy (non-hydrogen) atoms. The molecule has 4 aromatic rings. The summed E-state index contributed by atoms with van der Waals surface area (Å²) in [5.41, 5.74) is 3.04. The molecule has 0 saturated carbocycles. The molecule has 0 radical (unpaired) electrons. The third-order valence-electron chi connectivity index (χ3n) is 4.84. The second kappa shape index (κ2) is 8.14. The quantitative estimate of drug-likeness (QED) is 0.419. The number of carbonyl (C=O) groups excluding carboxylic acids is 1. The molecule has 2 amide bonds. The standard InChI is InChI=1S/C23H19F2N3O/c24-16-10-11-22(20(25)12-16)28-23(29)27-13-18(15-6-2-1-3-7-15)19-14-26-21-9-5-4-8-17(19)21/h1-12,14,18,26H,13H2,(H2,27,28,29)/t18-/m1/s1. The van der Waals surface area contributed by atoms with Crippen molar-refractivity contribution in [3.8, 4) is 0 Å². The zero-order valence-corrected chi connectivity index (χ0v) is 15.5. The van der Waals surface area contributed by atoms with Gasteiger partial charge in [0, 0.05) is 35.6 Å². The van der Waals surface area contributed by atoms with Crippen molar-refractivity contribution in [1.82, 2.24) is 10.3 Å². The number of urea groups is 1. The third kappa shape index (κ3) is 4.11. The lowest BCUT2D eigenvalue weighted by Crippen LogP contribution is -2.33. The largest absolute Gasteiger partial charge is 0.361 e. The lowest BCUT2D eigenvalue weighted by molar-refractivity contribution is 0.251. The summed E-state index contributed by atoms with van der Waals surface area (Å²) in [6.07, 6.45) is 1.95. The van der Waals surface area contributed by atoms with E-state index in [1.807, 2.05) is 60.8 Å². The van der Waals surface area contributed by atoms with Crippen LogP contribution in [0.3, 0.4) is 0 Å². The minimum absolute atomic E-state index is 0.0766. The molecule has 1 heterocycles. The predicted molar refractivity (Wildman–Crippen MR) is 110 cm³/mol. The Morgan fingerprint density at radius 1 is 0.966 bits per heavy atom. The van der Waals surface area contributed by atoms with Gasteiger partial charge in [0.1, 0.15) is 11.6 Å². The molecule has 1 atom stereocenters. The van der Waals surface area contributed by atoms with Gasteiger partial charge in [0.05, 0.1) is 5.69 Å². The van der Waals surface area contributed by atoms with Crippen molar-refractivity contribution in [2.24, 2.45) is 0 Å². The van der Waals surface area contributed by atoms with Crippen LogP contribution in [0.5, 0.6) is 0 Å². The van der Waals surface area contributed by atoms with Gasteiger partial charge in [0.15, 0.2) is 0 Å². The van der Waals surface area contributed by atoms with Gasteiger partial charge in [-0.3, -0.25) is 0 Å². The Kier molecular flexibility index (Phi) is 5.24. The van der Waals surface area contributed by atoms with Crippen LogP contribution in [-0.4, -0.2) is 17.6 Å². The van der Waals surface area contributed by atoms with Gasteiger partial charge < -0.3 is 15.6 Å². The lowest BCUT2D eigenvalue weighted by Gasteiger charge is -2.18. The van der Waals surface area contributed by atoms with Crippen LogP contribution in [0.15, 0.2) is 79.0 Å². The van der Waals surface area contributed by atoms with E-state index in [1.54, 1.807) is 0 Å². The molecule has 4 rings (SSSR count). The van der Waals surface area contributed by atoms with Crippen molar-refractivity contribution in [3.05, 3.63) is 102 Å². The Bertz CT molecular complexity index is 1140. The van der Waals surface area contributed by atoms with Gasteiger partial charge in [-0.15, -0.1) is 0 Å². The fourth-order valence-corrected chi connectivity index (χ4v) is 3.43. The maximum atomic E-state index is 13.8. The molecule has 0 saturated heterocycles. The highest BCUT2D eigenvalue weighted by Gasteiger charge is 2.19. The number of anilines is 1. The molecule has 4 nitrogen and oxygen atoms in total. The number of hydrogen-bond donors (Lipinski definition) is 3. The highest BCUT2D eigenvalue weighted by Crippen LogP contribution is 2.30. The smallest absolute Gasteiger partial charge is 0.319 e. The van der Waals surface area contributed by atoms with Gasteiger partial charge in [0.2, 0.25) is 0 Å². The Labute approximate surface area is 166 Å². The van der Waals surface area contributed by atoms with Crippen molar-refractivity contribution < 1.29 is 13.6 Å². The summed E-state index contributed by atoms with van der Waals surface area (Å²) < 4.78 is 26.8. The molecule has 0 aliphatic carbocycles. The molecule has 0 aliphatic rings. The number of fused-ring (bicyclic) bond motifs is 1. The number of aromatic amines is 1. The first kappa shape index (κ1) is 18.7. The summed E-state index contributed by atoms with van der Waals surface area (Å²) in [4.78, 5) is 15.6. The predicted octanol–water partition coefficient (Wildman–Crippen LogP) is 5.40. The van der Waals surface area contributed by atoms with Crippen LogP contribution in [0.25, 0.3) is 10.9 Å². The molecule has 146 valence electrons. The first-order valence-electron chi connectivity index (χ1n) is 9.22. The van der Waals surface area contributed by atoms with Gasteiger partial charge in [-0.2, -0.15) is 0 Å². The topological polar surface area (TPSA) is 56.9 Å². The maximum absolute atomic E-state index is 13.8. The normalized spacial score (nSPS) is 11.9. The van der Waals surface area contributed by atoms with E-state index < -0.39 is 17.7 Å². The second-order valence-corrected chi connectivity index (χ2v) is 6.71. The molecular weight excluding hydrogens is 372 g/mol. The molecule has 6 heteroatoms. The van der Waals surface area contributed by atoms with Crippen LogP contribution in [0.4, 0.5) is 19.3 Å². The molecule has 0 spiro atoms. The highest BCUT2D eigenvalue weighted by molar-refractivity contribution is 5.89. The van der Waals surface area contributed by atoms with Gasteiger partial charge in [0.25, 0.3) is 0 Å². The first-order chi connectivity index (χ1) is 14.1. The number of benzene rings is 3. The Morgan fingerprint density at radius 2 is 1.72 bits per heavy atom. The Morgan fingerprint density at radius 3 is 2.52 bits per heavy atom. The zero-order valence-electron chi connectivity index (χ0n) is 15.5. The van der Waals surface area contributed by atoms with Gasteiger partial charge >= 0.3 is 6.03 Å². The van der Waals surface area contributed by atoms with E-state index in [-0.39, 0.29) is 11.6 Å². The van der Waals surface area contributed by atoms with Crippen molar-refractivity contribution in [2.75, 3.05) is 11.9 Å². The first-order valence-corrected chi connectivity index (χ1v) is 9.22. The van der Waals surface area contributed by atoms with Crippen LogP contribution >= 0.6 is 0 Å². The SMILES string of the molecule is O=C(NC[C@H](c1ccccc1)c1c[nH]c2ccccc12)Nc1ccc(F)cc1F. The molecule has 3 N–H and O–H groups in total. The number of para-hydroxylation sites is 1. The minimum Gasteiger partial charge on any atom is -0.361 e. The summed E-state index contributed by atoms with van der Waals surface area (Å²) in [5, 5.41) is 6.30. The summed E-state index contributed by atoms with van der Waals surface area (Å²) in [5.74, 6) is -1.62. The van der Waals surface area contributed by atoms with E-state index in [9.17, 15) is 13.6 Å². The average Bonchev–Trinajstić information content (AvgIpc) is 3.15. The van der Waals surface area contributed by atoms with Crippen molar-refractivity contribution in [3.63, 3.8) is 0 Å². The van der Waals surface area contributed by atoms with E-state index in [2.05, 4.69) is 15.6 Å². The number of H-pyrrole nitrogens is 1. The summed E-state index contributed by atoms with van der Waals surface area (Å²) in [7, 11) is 0. The number of amides is 2. The van der Waals surface area contributed by atoms with E-state index in [0.29, 0.717) is 6.54 Å². The van der Waals surface area contributed by atoms with Crippen LogP contribution in [0, 0.1) is 11.6 Å². The summed E-state index contributed by atoms with van der Waals surface area (Å²) in [6.45, 7) is 0.306. The molecule has 0 fully saturated rings. The van der Waals surface area contributed by atoms with Gasteiger partial charge in [-0.05, 0) is 29.3 Å². The molecular formula is C23H19F2N3O. The number of aromatic nitrogens is 1. The van der Waals surface area contributed by atoms with Gasteiger partial charge in [-0.1, -0.05) is 48.5 Å². The molecule has 3 aromatic carbocycles. The summed E-state index contributed by atoms with van der Waals surface area (Å²) in [6, 6.07) is 20.3. The lowest BCUT2D eigenvalue weighted by atomic mass is 9.91. The average molecular weight is 391 g/mol. The number of carbonyl (C=O) groups is 1. The van der Waals surface area contributed by atoms with Crippen molar-refractivity contribution in [1.29, 1.82) is 0 Å². The van der Waals surface area contributed by atoms with Crippen LogP contribution in [0.2, 0.25) is 0 Å². The molecule has 0 unspecified atom stereocenters. The highest BCUT2D eigenvalue weighted by atomic mass is 19.1. The third-order valence-corrected chi connectivity index (χ3v) is 4.84. The van der Waals surface area contributed by atoms with Crippen molar-refractivity contribution >= 4 is 22.6 Å². The fourth-order valence-electron chi connectivity index (χ4n) is 3.43. The number of rotatable bonds is 5. The summed E-state index contributed by atoms with van der Waals surface area (Å²) >= 11 is 0. The van der Waals surface area contributed by atoms with E-state index in [0.717, 1.165) is 34.2 Å². The zero-order chi connectivity index (χ0) is 20.2. The number of halogens is 2. The van der Waals surface area contributed by atoms with Gasteiger partial charge in [-0.25, -0.2) is 13.6 Å². The maximum Gasteiger partial charge on any atom is 0.319 e. The Hall–Kier alpha value is -3.67. The number of nitrogens with one attached hydrogen (secondary N) is 3. The molecule has 0 bridgehead atoms. The van der Waals surface area contributed by atoms with Crippen LogP contribution in [-0.2, 0) is 0 Å². The van der Waals surface area contributed by atoms with E-state index in [4.69, 9.17) is 0 Å². The monoisotopic (exact) mass is 391 g/mol. The second-order valence-electron chi connectivity index (χ2n) is 6.71. The van der Waals surface area contributed by atoms with Crippen LogP contribution in [0.1, 0.15) is 17.0 Å². The Balaban J connectivity index is 1.55. The van der Waals surface area contributed by atoms with Crippen molar-refractivity contribution in [2.45, 2.75) is 5.92 Å².